The number of nitrogens with zero attached hydrogens (tertiary/aromatic N) is 3. The zero-order valence-corrected chi connectivity index (χ0v) is 17.1. The maximum atomic E-state index is 12.8. The molecule has 1 aromatic heterocycles. The first kappa shape index (κ1) is 20.0. The summed E-state index contributed by atoms with van der Waals surface area (Å²) < 4.78 is 6.29. The van der Waals surface area contributed by atoms with E-state index in [-0.39, 0.29) is 28.5 Å². The highest BCUT2D eigenvalue weighted by Gasteiger charge is 2.38. The summed E-state index contributed by atoms with van der Waals surface area (Å²) in [6, 6.07) is 8.55. The Kier molecular flexibility index (Phi) is 5.22. The molecule has 0 radical (unpaired) electrons. The van der Waals surface area contributed by atoms with Gasteiger partial charge in [-0.1, -0.05) is 11.8 Å². The van der Waals surface area contributed by atoms with E-state index in [9.17, 15) is 24.5 Å². The molecule has 1 aliphatic heterocycles. The van der Waals surface area contributed by atoms with Crippen LogP contribution < -0.4 is 4.90 Å². The third kappa shape index (κ3) is 3.53. The van der Waals surface area contributed by atoms with Gasteiger partial charge in [0, 0.05) is 12.1 Å². The van der Waals surface area contributed by atoms with Crippen LogP contribution in [0.25, 0.3) is 10.2 Å². The number of benzene rings is 2. The number of anilines is 1. The van der Waals surface area contributed by atoms with Crippen molar-refractivity contribution in [1.82, 2.24) is 4.98 Å². The van der Waals surface area contributed by atoms with Gasteiger partial charge in [0.05, 0.1) is 44.3 Å². The van der Waals surface area contributed by atoms with Crippen LogP contribution in [0.15, 0.2) is 40.7 Å². The predicted molar refractivity (Wildman–Crippen MR) is 111 cm³/mol. The fourth-order valence-corrected chi connectivity index (χ4v) is 4.89. The highest BCUT2D eigenvalue weighted by atomic mass is 32.2. The molecule has 0 spiro atoms. The molecule has 0 atom stereocenters. The quantitative estimate of drug-likeness (QED) is 0.186. The number of carbonyl (C=O) groups excluding carboxylic acids is 3. The van der Waals surface area contributed by atoms with Crippen LogP contribution in [0.3, 0.4) is 0 Å². The maximum Gasteiger partial charge on any atom is 0.316 e. The molecule has 11 heteroatoms. The fraction of sp³-hybridized carbons (Fsp3) is 0.158. The van der Waals surface area contributed by atoms with E-state index < -0.39 is 16.7 Å². The van der Waals surface area contributed by atoms with Crippen molar-refractivity contribution in [2.75, 3.05) is 17.3 Å². The van der Waals surface area contributed by atoms with E-state index in [0.29, 0.717) is 22.2 Å². The third-order valence-electron chi connectivity index (χ3n) is 4.31. The van der Waals surface area contributed by atoms with Crippen molar-refractivity contribution in [2.45, 2.75) is 11.3 Å². The lowest BCUT2D eigenvalue weighted by Gasteiger charge is -2.13. The molecule has 4 rings (SSSR count). The molecular weight excluding hydrogens is 430 g/mol. The number of aromatic nitrogens is 1. The van der Waals surface area contributed by atoms with Gasteiger partial charge in [0.25, 0.3) is 17.5 Å². The molecule has 9 nitrogen and oxygen atoms in total. The van der Waals surface area contributed by atoms with Crippen LogP contribution in [-0.2, 0) is 9.53 Å². The molecule has 0 fully saturated rings. The Morgan fingerprint density at radius 3 is 2.70 bits per heavy atom. The van der Waals surface area contributed by atoms with Crippen molar-refractivity contribution < 1.29 is 24.0 Å². The molecule has 0 unspecified atom stereocenters. The lowest BCUT2D eigenvalue weighted by molar-refractivity contribution is -0.384. The van der Waals surface area contributed by atoms with Gasteiger partial charge in [-0.3, -0.25) is 24.5 Å². The zero-order valence-electron chi connectivity index (χ0n) is 15.5. The Labute approximate surface area is 177 Å². The summed E-state index contributed by atoms with van der Waals surface area (Å²) in [5, 5.41) is 11.0. The number of nitro groups is 1. The lowest BCUT2D eigenvalue weighted by atomic mass is 10.1. The summed E-state index contributed by atoms with van der Waals surface area (Å²) in [6.45, 7) is 2.05. The number of hydrogen-bond donors (Lipinski definition) is 0. The second-order valence-corrected chi connectivity index (χ2v) is 8.41. The normalized spacial score (nSPS) is 13.0. The molecule has 152 valence electrons. The van der Waals surface area contributed by atoms with Crippen LogP contribution in [0, 0.1) is 10.1 Å². The van der Waals surface area contributed by atoms with E-state index in [0.717, 1.165) is 15.7 Å². The molecule has 2 aromatic carbocycles. The van der Waals surface area contributed by atoms with Crippen LogP contribution in [0.2, 0.25) is 0 Å². The number of ether oxygens (including phenoxy) is 1. The summed E-state index contributed by atoms with van der Waals surface area (Å²) in [7, 11) is 0. The highest BCUT2D eigenvalue weighted by molar-refractivity contribution is 8.01. The van der Waals surface area contributed by atoms with Gasteiger partial charge in [0.15, 0.2) is 4.34 Å². The molecule has 3 aromatic rings. The van der Waals surface area contributed by atoms with Crippen molar-refractivity contribution in [1.29, 1.82) is 0 Å². The van der Waals surface area contributed by atoms with Crippen LogP contribution in [0.5, 0.6) is 0 Å². The van der Waals surface area contributed by atoms with Crippen molar-refractivity contribution in [3.8, 4) is 0 Å². The van der Waals surface area contributed by atoms with E-state index in [1.807, 2.05) is 0 Å². The number of rotatable bonds is 6. The summed E-state index contributed by atoms with van der Waals surface area (Å²) >= 11 is 2.58. The van der Waals surface area contributed by atoms with E-state index >= 15 is 0 Å². The first-order valence-electron chi connectivity index (χ1n) is 8.75. The number of non-ortho nitro benzene ring substituents is 1. The molecule has 2 heterocycles. The predicted octanol–water partition coefficient (Wildman–Crippen LogP) is 3.66. The molecule has 30 heavy (non-hydrogen) atoms. The smallest absolute Gasteiger partial charge is 0.316 e. The van der Waals surface area contributed by atoms with Crippen LogP contribution in [0.1, 0.15) is 27.6 Å². The highest BCUT2D eigenvalue weighted by Crippen LogP contribution is 2.35. The fourth-order valence-electron chi connectivity index (χ4n) is 2.99. The van der Waals surface area contributed by atoms with Crippen LogP contribution in [-0.4, -0.2) is 40.1 Å². The minimum absolute atomic E-state index is 0.00397. The summed E-state index contributed by atoms with van der Waals surface area (Å²) in [4.78, 5) is 52.8. The van der Waals surface area contributed by atoms with Gasteiger partial charge in [-0.25, -0.2) is 9.88 Å². The number of thioether (sulfide) groups is 1. The standard InChI is InChI=1S/C19H13N3O6S2/c1-2-28-16(23)9-29-19-20-14-6-4-10(8-15(14)30-19)21-17(24)12-5-3-11(22(26)27)7-13(12)18(21)25/h3-8H,2,9H2,1H3. The Morgan fingerprint density at radius 1 is 1.20 bits per heavy atom. The molecule has 0 N–H and O–H groups in total. The van der Waals surface area contributed by atoms with Crippen molar-refractivity contribution >= 4 is 62.5 Å². The molecule has 0 bridgehead atoms. The number of imide groups is 1. The van der Waals surface area contributed by atoms with Gasteiger partial charge in [0.1, 0.15) is 0 Å². The second-order valence-electron chi connectivity index (χ2n) is 6.16. The Hall–Kier alpha value is -3.31. The topological polar surface area (TPSA) is 120 Å². The van der Waals surface area contributed by atoms with Gasteiger partial charge in [0.2, 0.25) is 0 Å². The van der Waals surface area contributed by atoms with Gasteiger partial charge in [-0.2, -0.15) is 0 Å². The van der Waals surface area contributed by atoms with Crippen LogP contribution in [0.4, 0.5) is 11.4 Å². The number of fused-ring (bicyclic) bond motifs is 2. The molecule has 2 amide bonds. The van der Waals surface area contributed by atoms with Crippen molar-refractivity contribution in [3.63, 3.8) is 0 Å². The number of esters is 1. The molecule has 0 saturated carbocycles. The summed E-state index contributed by atoms with van der Waals surface area (Å²) in [5.41, 5.74) is 0.896. The molecule has 0 saturated heterocycles. The minimum Gasteiger partial charge on any atom is -0.465 e. The number of amides is 2. The summed E-state index contributed by atoms with van der Waals surface area (Å²) in [5.74, 6) is -1.34. The number of nitro benzene ring substituents is 1. The monoisotopic (exact) mass is 443 g/mol. The molecule has 0 aliphatic carbocycles. The minimum atomic E-state index is -0.612. The van der Waals surface area contributed by atoms with E-state index in [1.54, 1.807) is 25.1 Å². The van der Waals surface area contributed by atoms with Gasteiger partial charge < -0.3 is 4.74 Å². The van der Waals surface area contributed by atoms with Gasteiger partial charge in [-0.05, 0) is 31.2 Å². The maximum absolute atomic E-state index is 12.8. The van der Waals surface area contributed by atoms with Crippen molar-refractivity contribution in [3.05, 3.63) is 57.6 Å². The van der Waals surface area contributed by atoms with Gasteiger partial charge in [-0.15, -0.1) is 11.3 Å². The average Bonchev–Trinajstić information content (AvgIpc) is 3.24. The number of carbonyl (C=O) groups is 3. The Balaban J connectivity index is 1.61. The van der Waals surface area contributed by atoms with Crippen molar-refractivity contribution in [2.24, 2.45) is 0 Å². The SMILES string of the molecule is CCOC(=O)CSc1nc2ccc(N3C(=O)c4ccc([N+](=O)[O-])cc4C3=O)cc2s1. The van der Waals surface area contributed by atoms with E-state index in [1.165, 1.54) is 35.2 Å². The number of thiazole rings is 1. The lowest BCUT2D eigenvalue weighted by Crippen LogP contribution is -2.29. The molecule has 1 aliphatic rings. The molecular formula is C19H13N3O6S2. The average molecular weight is 443 g/mol. The Morgan fingerprint density at radius 2 is 1.97 bits per heavy atom. The van der Waals surface area contributed by atoms with E-state index in [4.69, 9.17) is 4.74 Å². The Bertz CT molecular complexity index is 1220. The third-order valence-corrected chi connectivity index (χ3v) is 6.45. The van der Waals surface area contributed by atoms with Gasteiger partial charge >= 0.3 is 5.97 Å². The second kappa shape index (κ2) is 7.84. The van der Waals surface area contributed by atoms with E-state index in [2.05, 4.69) is 4.98 Å². The first-order valence-corrected chi connectivity index (χ1v) is 10.6. The number of hydrogen-bond acceptors (Lipinski definition) is 9. The zero-order chi connectivity index (χ0) is 21.4. The first-order chi connectivity index (χ1) is 14.4. The summed E-state index contributed by atoms with van der Waals surface area (Å²) in [6.07, 6.45) is 0. The van der Waals surface area contributed by atoms with Crippen LogP contribution >= 0.6 is 23.1 Å². The largest absolute Gasteiger partial charge is 0.465 e.